The van der Waals surface area contributed by atoms with Gasteiger partial charge in [-0.15, -0.1) is 16.4 Å². The molecule has 0 saturated heterocycles. The number of nitrogens with one attached hydrogen (secondary N) is 1. The van der Waals surface area contributed by atoms with E-state index in [0.717, 1.165) is 26.3 Å². The number of para-hydroxylation sites is 1. The topological polar surface area (TPSA) is 76.7 Å². The molecule has 1 aromatic carbocycles. The highest BCUT2D eigenvalue weighted by Gasteiger charge is 2.09. The minimum Gasteiger partial charge on any atom is -0.313 e. The predicted octanol–water partition coefficient (Wildman–Crippen LogP) is 2.73. The maximum Gasteiger partial charge on any atom is 0.151 e. The Kier molecular flexibility index (Phi) is 3.41. The number of aromatic nitrogens is 3. The Labute approximate surface area is 116 Å². The fourth-order valence-electron chi connectivity index (χ4n) is 1.46. The summed E-state index contributed by atoms with van der Waals surface area (Å²) in [6.07, 6.45) is 0. The summed E-state index contributed by atoms with van der Waals surface area (Å²) in [7, 11) is 0. The molecule has 18 heavy (non-hydrogen) atoms. The molecule has 0 unspecified atom stereocenters. The number of thioether (sulfide) groups is 1. The normalized spacial score (nSPS) is 10.9. The van der Waals surface area contributed by atoms with Crippen LogP contribution in [0.2, 0.25) is 0 Å². The zero-order valence-corrected chi connectivity index (χ0v) is 11.6. The third-order valence-electron chi connectivity index (χ3n) is 2.29. The number of nitrogens with two attached hydrogens (primary N) is 1. The van der Waals surface area contributed by atoms with Crippen LogP contribution in [-0.2, 0) is 5.75 Å². The predicted molar refractivity (Wildman–Crippen MR) is 76.9 cm³/mol. The highest BCUT2D eigenvalue weighted by molar-refractivity contribution is 8.00. The van der Waals surface area contributed by atoms with E-state index in [0.29, 0.717) is 0 Å². The molecule has 2 heterocycles. The summed E-state index contributed by atoms with van der Waals surface area (Å²) in [5, 5.41) is 4.85. The molecule has 8 heteroatoms. The fourth-order valence-corrected chi connectivity index (χ4v) is 4.04. The number of hydrazine groups is 1. The highest BCUT2D eigenvalue weighted by atomic mass is 32.2. The molecular formula is C10H9N5S3. The minimum atomic E-state index is 0.718. The number of anilines is 1. The number of thiazole rings is 1. The first kappa shape index (κ1) is 11.8. The maximum atomic E-state index is 5.38. The average Bonchev–Trinajstić information content (AvgIpc) is 3.01. The molecule has 92 valence electrons. The van der Waals surface area contributed by atoms with Crippen molar-refractivity contribution in [3.8, 4) is 0 Å². The quantitative estimate of drug-likeness (QED) is 0.438. The molecule has 0 fully saturated rings. The van der Waals surface area contributed by atoms with Crippen LogP contribution >= 0.6 is 34.6 Å². The van der Waals surface area contributed by atoms with E-state index in [1.165, 1.54) is 16.2 Å². The molecule has 0 atom stereocenters. The summed E-state index contributed by atoms with van der Waals surface area (Å²) >= 11 is 4.60. The van der Waals surface area contributed by atoms with Crippen molar-refractivity contribution in [2.75, 3.05) is 5.43 Å². The Bertz CT molecular complexity index is 629. The molecule has 0 bridgehead atoms. The number of hydrogen-bond acceptors (Lipinski definition) is 8. The van der Waals surface area contributed by atoms with Crippen molar-refractivity contribution in [1.29, 1.82) is 0 Å². The standard InChI is InChI=1S/C10H9N5S3/c11-13-9-7(14-15-18-9)5-16-10-12-6-3-1-2-4-8(6)17-10/h1-4,13H,5,11H2. The highest BCUT2D eigenvalue weighted by Crippen LogP contribution is 2.32. The maximum absolute atomic E-state index is 5.38. The van der Waals surface area contributed by atoms with Crippen LogP contribution in [0.4, 0.5) is 5.00 Å². The number of nitrogens with zero attached hydrogens (tertiary/aromatic N) is 3. The van der Waals surface area contributed by atoms with E-state index >= 15 is 0 Å². The first-order valence-corrected chi connectivity index (χ1v) is 7.70. The van der Waals surface area contributed by atoms with Crippen LogP contribution in [0.5, 0.6) is 0 Å². The summed E-state index contributed by atoms with van der Waals surface area (Å²) in [6, 6.07) is 8.12. The number of rotatable bonds is 4. The molecule has 0 aliphatic rings. The average molecular weight is 295 g/mol. The van der Waals surface area contributed by atoms with Gasteiger partial charge in [-0.2, -0.15) is 0 Å². The Morgan fingerprint density at radius 2 is 2.22 bits per heavy atom. The van der Waals surface area contributed by atoms with Gasteiger partial charge in [0.25, 0.3) is 0 Å². The molecule has 3 N–H and O–H groups in total. The third kappa shape index (κ3) is 2.32. The van der Waals surface area contributed by atoms with Crippen molar-refractivity contribution < 1.29 is 0 Å². The SMILES string of the molecule is NNc1snnc1CSc1nc2ccccc2s1. The van der Waals surface area contributed by atoms with Gasteiger partial charge in [-0.05, 0) is 12.1 Å². The van der Waals surface area contributed by atoms with E-state index in [2.05, 4.69) is 26.1 Å². The van der Waals surface area contributed by atoms with E-state index < -0.39 is 0 Å². The van der Waals surface area contributed by atoms with Crippen molar-refractivity contribution in [3.05, 3.63) is 30.0 Å². The van der Waals surface area contributed by atoms with Crippen LogP contribution in [0.3, 0.4) is 0 Å². The van der Waals surface area contributed by atoms with Crippen LogP contribution in [-0.4, -0.2) is 14.6 Å². The number of benzene rings is 1. The first-order chi connectivity index (χ1) is 8.86. The molecule has 0 amide bonds. The summed E-state index contributed by atoms with van der Waals surface area (Å²) in [5.74, 6) is 6.10. The summed E-state index contributed by atoms with van der Waals surface area (Å²) in [5.41, 5.74) is 4.51. The van der Waals surface area contributed by atoms with Crippen molar-refractivity contribution in [3.63, 3.8) is 0 Å². The van der Waals surface area contributed by atoms with Gasteiger partial charge in [0.15, 0.2) is 4.34 Å². The van der Waals surface area contributed by atoms with Gasteiger partial charge < -0.3 is 5.43 Å². The van der Waals surface area contributed by atoms with Crippen LogP contribution in [0.15, 0.2) is 28.6 Å². The van der Waals surface area contributed by atoms with E-state index in [9.17, 15) is 0 Å². The minimum absolute atomic E-state index is 0.718. The summed E-state index contributed by atoms with van der Waals surface area (Å²) in [4.78, 5) is 4.55. The lowest BCUT2D eigenvalue weighted by Crippen LogP contribution is -2.06. The molecule has 0 radical (unpaired) electrons. The molecule has 3 rings (SSSR count). The van der Waals surface area contributed by atoms with E-state index in [1.807, 2.05) is 18.2 Å². The number of nitrogen functional groups attached to an aromatic ring is 1. The summed E-state index contributed by atoms with van der Waals surface area (Å²) < 4.78 is 6.10. The van der Waals surface area contributed by atoms with Crippen molar-refractivity contribution in [2.24, 2.45) is 5.84 Å². The second-order valence-corrected chi connectivity index (χ2v) is 6.44. The lowest BCUT2D eigenvalue weighted by molar-refractivity contribution is 1.07. The molecule has 0 aliphatic carbocycles. The Morgan fingerprint density at radius 3 is 3.06 bits per heavy atom. The van der Waals surface area contributed by atoms with Gasteiger partial charge in [0.1, 0.15) is 10.7 Å². The first-order valence-electron chi connectivity index (χ1n) is 5.13. The summed E-state index contributed by atoms with van der Waals surface area (Å²) in [6.45, 7) is 0. The molecule has 2 aromatic heterocycles. The smallest absolute Gasteiger partial charge is 0.151 e. The molecular weight excluding hydrogens is 286 g/mol. The Morgan fingerprint density at radius 1 is 1.33 bits per heavy atom. The third-order valence-corrected chi connectivity index (χ3v) is 5.18. The van der Waals surface area contributed by atoms with Gasteiger partial charge in [0.2, 0.25) is 0 Å². The van der Waals surface area contributed by atoms with Crippen molar-refractivity contribution in [2.45, 2.75) is 10.1 Å². The lowest BCUT2D eigenvalue weighted by atomic mass is 10.3. The molecule has 0 aliphatic heterocycles. The van der Waals surface area contributed by atoms with Gasteiger partial charge in [-0.1, -0.05) is 28.4 Å². The van der Waals surface area contributed by atoms with Crippen LogP contribution in [0, 0.1) is 0 Å². The molecule has 0 saturated carbocycles. The fraction of sp³-hybridized carbons (Fsp3) is 0.100. The largest absolute Gasteiger partial charge is 0.313 e. The van der Waals surface area contributed by atoms with Gasteiger partial charge in [-0.3, -0.25) is 0 Å². The van der Waals surface area contributed by atoms with Gasteiger partial charge in [0.05, 0.1) is 10.2 Å². The number of fused-ring (bicyclic) bond motifs is 1. The molecule has 5 nitrogen and oxygen atoms in total. The van der Waals surface area contributed by atoms with Crippen LogP contribution < -0.4 is 11.3 Å². The molecule has 0 spiro atoms. The van der Waals surface area contributed by atoms with Crippen LogP contribution in [0.25, 0.3) is 10.2 Å². The van der Waals surface area contributed by atoms with Gasteiger partial charge >= 0.3 is 0 Å². The number of hydrogen-bond donors (Lipinski definition) is 2. The lowest BCUT2D eigenvalue weighted by Gasteiger charge is -1.97. The van der Waals surface area contributed by atoms with E-state index in [-0.39, 0.29) is 0 Å². The zero-order chi connectivity index (χ0) is 12.4. The monoisotopic (exact) mass is 295 g/mol. The van der Waals surface area contributed by atoms with Crippen LogP contribution in [0.1, 0.15) is 5.69 Å². The van der Waals surface area contributed by atoms with Gasteiger partial charge in [-0.25, -0.2) is 10.8 Å². The molecule has 3 aromatic rings. The zero-order valence-electron chi connectivity index (χ0n) is 9.16. The Balaban J connectivity index is 1.77. The van der Waals surface area contributed by atoms with Crippen molar-refractivity contribution >= 4 is 49.8 Å². The van der Waals surface area contributed by atoms with E-state index in [1.54, 1.807) is 23.1 Å². The van der Waals surface area contributed by atoms with Gasteiger partial charge in [0, 0.05) is 17.3 Å². The van der Waals surface area contributed by atoms with Crippen molar-refractivity contribution in [1.82, 2.24) is 14.6 Å². The second kappa shape index (κ2) is 5.19. The van der Waals surface area contributed by atoms with E-state index in [4.69, 9.17) is 5.84 Å². The Hall–Kier alpha value is -1.22. The second-order valence-electron chi connectivity index (χ2n) is 3.43.